The third kappa shape index (κ3) is 4.90. The van der Waals surface area contributed by atoms with Gasteiger partial charge in [-0.1, -0.05) is 29.3 Å². The number of carbonyl (C=O) groups is 1. The highest BCUT2D eigenvalue weighted by atomic mass is 35.5. The van der Waals surface area contributed by atoms with Gasteiger partial charge in [0.15, 0.2) is 0 Å². The van der Waals surface area contributed by atoms with Gasteiger partial charge < -0.3 is 9.84 Å². The lowest BCUT2D eigenvalue weighted by molar-refractivity contribution is 0.0691. The van der Waals surface area contributed by atoms with Crippen LogP contribution in [0.25, 0.3) is 0 Å². The molecule has 0 amide bonds. The highest BCUT2D eigenvalue weighted by Crippen LogP contribution is 2.45. The number of benzene rings is 2. The highest BCUT2D eigenvalue weighted by molar-refractivity contribution is 6.35. The Morgan fingerprint density at radius 1 is 1.13 bits per heavy atom. The van der Waals surface area contributed by atoms with E-state index in [1.54, 1.807) is 0 Å². The van der Waals surface area contributed by atoms with Crippen molar-refractivity contribution in [2.45, 2.75) is 38.1 Å². The van der Waals surface area contributed by atoms with Gasteiger partial charge in [0.05, 0.1) is 12.2 Å². The number of rotatable bonds is 7. The summed E-state index contributed by atoms with van der Waals surface area (Å²) < 4.78 is 20.2. The number of ether oxygens (including phenoxy) is 1. The summed E-state index contributed by atoms with van der Waals surface area (Å²) in [5, 5.41) is 10.6. The summed E-state index contributed by atoms with van der Waals surface area (Å²) in [4.78, 5) is 13.6. The van der Waals surface area contributed by atoms with Crippen LogP contribution in [-0.4, -0.2) is 35.7 Å². The van der Waals surface area contributed by atoms with E-state index in [0.717, 1.165) is 56.4 Å². The molecule has 0 atom stereocenters. The predicted octanol–water partition coefficient (Wildman–Crippen LogP) is 6.00. The highest BCUT2D eigenvalue weighted by Gasteiger charge is 2.30. The molecule has 0 bridgehead atoms. The third-order valence-corrected chi connectivity index (χ3v) is 6.68. The standard InChI is InChI=1S/C23H24Cl2FNO3/c24-19-2-1-3-20(25)18(19)12-27-8-6-14(7-9-27)13-30-22-11-21(26)17(23(28)29)10-16(22)15-4-5-15/h1-3,10-11,14-15H,4-9,12-13H2,(H,28,29). The van der Waals surface area contributed by atoms with Crippen LogP contribution in [0.5, 0.6) is 5.75 Å². The van der Waals surface area contributed by atoms with Crippen LogP contribution < -0.4 is 4.74 Å². The Labute approximate surface area is 185 Å². The first kappa shape index (κ1) is 21.4. The van der Waals surface area contributed by atoms with Crippen molar-refractivity contribution in [1.29, 1.82) is 0 Å². The molecular formula is C23H24Cl2FNO3. The number of halogens is 3. The van der Waals surface area contributed by atoms with Crippen LogP contribution in [0.4, 0.5) is 4.39 Å². The van der Waals surface area contributed by atoms with Gasteiger partial charge in [0, 0.05) is 28.2 Å². The van der Waals surface area contributed by atoms with Gasteiger partial charge in [0.25, 0.3) is 0 Å². The fraction of sp³-hybridized carbons (Fsp3) is 0.435. The first-order chi connectivity index (χ1) is 14.4. The van der Waals surface area contributed by atoms with Crippen molar-refractivity contribution in [3.8, 4) is 5.75 Å². The fourth-order valence-electron chi connectivity index (χ4n) is 4.00. The Morgan fingerprint density at radius 3 is 2.40 bits per heavy atom. The minimum Gasteiger partial charge on any atom is -0.493 e. The Hall–Kier alpha value is -1.82. The molecule has 1 saturated carbocycles. The van der Waals surface area contributed by atoms with E-state index >= 15 is 0 Å². The van der Waals surface area contributed by atoms with E-state index in [9.17, 15) is 14.3 Å². The lowest BCUT2D eigenvalue weighted by Crippen LogP contribution is -2.35. The summed E-state index contributed by atoms with van der Waals surface area (Å²) in [5.74, 6) is -0.844. The first-order valence-corrected chi connectivity index (χ1v) is 11.0. The number of hydrogen-bond donors (Lipinski definition) is 1. The largest absolute Gasteiger partial charge is 0.493 e. The number of hydrogen-bond acceptors (Lipinski definition) is 3. The second-order valence-electron chi connectivity index (χ2n) is 8.18. The topological polar surface area (TPSA) is 49.8 Å². The van der Waals surface area contributed by atoms with Crippen molar-refractivity contribution in [1.82, 2.24) is 4.90 Å². The molecule has 1 aliphatic heterocycles. The lowest BCUT2D eigenvalue weighted by Gasteiger charge is -2.32. The van der Waals surface area contributed by atoms with E-state index < -0.39 is 11.8 Å². The zero-order valence-electron chi connectivity index (χ0n) is 16.5. The first-order valence-electron chi connectivity index (χ1n) is 10.3. The van der Waals surface area contributed by atoms with Crippen LogP contribution in [0.1, 0.15) is 53.1 Å². The maximum absolute atomic E-state index is 14.2. The molecule has 2 aromatic carbocycles. The molecular weight excluding hydrogens is 428 g/mol. The maximum Gasteiger partial charge on any atom is 0.338 e. The Morgan fingerprint density at radius 2 is 1.80 bits per heavy atom. The molecule has 0 radical (unpaired) electrons. The van der Waals surface area contributed by atoms with Crippen molar-refractivity contribution in [3.63, 3.8) is 0 Å². The molecule has 1 saturated heterocycles. The van der Waals surface area contributed by atoms with Crippen LogP contribution in [0.2, 0.25) is 10.0 Å². The van der Waals surface area contributed by atoms with E-state index in [1.165, 1.54) is 12.1 Å². The smallest absolute Gasteiger partial charge is 0.338 e. The van der Waals surface area contributed by atoms with Gasteiger partial charge in [-0.15, -0.1) is 0 Å². The molecule has 7 heteroatoms. The molecule has 0 spiro atoms. The van der Waals surface area contributed by atoms with Crippen LogP contribution in [0, 0.1) is 11.7 Å². The summed E-state index contributed by atoms with van der Waals surface area (Å²) in [6.45, 7) is 3.06. The van der Waals surface area contributed by atoms with E-state index in [1.807, 2.05) is 18.2 Å². The quantitative estimate of drug-likeness (QED) is 0.560. The van der Waals surface area contributed by atoms with E-state index in [2.05, 4.69) is 4.90 Å². The monoisotopic (exact) mass is 451 g/mol. The Kier molecular flexibility index (Phi) is 6.51. The third-order valence-electron chi connectivity index (χ3n) is 5.97. The zero-order valence-corrected chi connectivity index (χ0v) is 18.1. The number of aromatic carboxylic acids is 1. The van der Waals surface area contributed by atoms with Gasteiger partial charge in [-0.05, 0) is 74.4 Å². The number of piperidine rings is 1. The fourth-order valence-corrected chi connectivity index (χ4v) is 4.52. The molecule has 4 rings (SSSR count). The summed E-state index contributed by atoms with van der Waals surface area (Å²) >= 11 is 12.6. The number of carboxylic acids is 1. The molecule has 2 aliphatic rings. The summed E-state index contributed by atoms with van der Waals surface area (Å²) in [5.41, 5.74) is 1.49. The molecule has 30 heavy (non-hydrogen) atoms. The van der Waals surface area contributed by atoms with Crippen LogP contribution in [-0.2, 0) is 6.54 Å². The molecule has 2 fully saturated rings. The molecule has 1 heterocycles. The molecule has 2 aromatic rings. The minimum absolute atomic E-state index is 0.279. The van der Waals surface area contributed by atoms with Gasteiger partial charge in [0.1, 0.15) is 11.6 Å². The predicted molar refractivity (Wildman–Crippen MR) is 115 cm³/mol. The number of carboxylic acid groups (broad SMARTS) is 1. The maximum atomic E-state index is 14.2. The van der Waals surface area contributed by atoms with Crippen molar-refractivity contribution < 1.29 is 19.0 Å². The van der Waals surface area contributed by atoms with E-state index in [4.69, 9.17) is 27.9 Å². The second kappa shape index (κ2) is 9.13. The molecule has 0 unspecified atom stereocenters. The van der Waals surface area contributed by atoms with Crippen molar-refractivity contribution in [2.75, 3.05) is 19.7 Å². The molecule has 160 valence electrons. The SMILES string of the molecule is O=C(O)c1cc(C2CC2)c(OCC2CCN(Cc3c(Cl)cccc3Cl)CC2)cc1F. The number of nitrogens with zero attached hydrogens (tertiary/aromatic N) is 1. The average Bonchev–Trinajstić information content (AvgIpc) is 3.55. The van der Waals surface area contributed by atoms with E-state index in [0.29, 0.717) is 28.3 Å². The van der Waals surface area contributed by atoms with Crippen molar-refractivity contribution in [2.24, 2.45) is 5.92 Å². The lowest BCUT2D eigenvalue weighted by atomic mass is 9.97. The summed E-state index contributed by atoms with van der Waals surface area (Å²) in [6.07, 6.45) is 3.92. The molecule has 1 N–H and O–H groups in total. The van der Waals surface area contributed by atoms with Gasteiger partial charge in [0.2, 0.25) is 0 Å². The average molecular weight is 452 g/mol. The van der Waals surface area contributed by atoms with Gasteiger partial charge >= 0.3 is 5.97 Å². The van der Waals surface area contributed by atoms with E-state index in [-0.39, 0.29) is 11.5 Å². The van der Waals surface area contributed by atoms with Crippen LogP contribution >= 0.6 is 23.2 Å². The molecule has 1 aliphatic carbocycles. The summed E-state index contributed by atoms with van der Waals surface area (Å²) in [7, 11) is 0. The molecule has 4 nitrogen and oxygen atoms in total. The normalized spacial score (nSPS) is 17.8. The second-order valence-corrected chi connectivity index (χ2v) is 8.99. The van der Waals surface area contributed by atoms with Gasteiger partial charge in [-0.25, -0.2) is 9.18 Å². The minimum atomic E-state index is -1.24. The van der Waals surface area contributed by atoms with Gasteiger partial charge in [-0.2, -0.15) is 0 Å². The van der Waals surface area contributed by atoms with Crippen LogP contribution in [0.15, 0.2) is 30.3 Å². The van der Waals surface area contributed by atoms with Crippen LogP contribution in [0.3, 0.4) is 0 Å². The zero-order chi connectivity index (χ0) is 21.3. The van der Waals surface area contributed by atoms with Gasteiger partial charge in [-0.3, -0.25) is 4.90 Å². The van der Waals surface area contributed by atoms with Crippen molar-refractivity contribution in [3.05, 3.63) is 62.9 Å². The molecule has 0 aromatic heterocycles. The van der Waals surface area contributed by atoms with Crippen molar-refractivity contribution >= 4 is 29.2 Å². The Bertz CT molecular complexity index is 920. The summed E-state index contributed by atoms with van der Waals surface area (Å²) in [6, 6.07) is 8.25. The number of likely N-dealkylation sites (tertiary alicyclic amines) is 1. The Balaban J connectivity index is 1.34.